The van der Waals surface area contributed by atoms with Crippen LogP contribution in [0.4, 0.5) is 0 Å². The smallest absolute Gasteiger partial charge is 0.0240 e. The predicted octanol–water partition coefficient (Wildman–Crippen LogP) is 5.30. The lowest BCUT2D eigenvalue weighted by molar-refractivity contribution is 0.318. The Morgan fingerprint density at radius 1 is 0.905 bits per heavy atom. The average Bonchev–Trinajstić information content (AvgIpc) is 2.52. The van der Waals surface area contributed by atoms with Crippen LogP contribution < -0.4 is 0 Å². The first-order chi connectivity index (χ1) is 10.2. The molecule has 0 N–H and O–H groups in total. The van der Waals surface area contributed by atoms with E-state index in [4.69, 9.17) is 0 Å². The minimum Gasteiger partial charge on any atom is -0.298 e. The minimum atomic E-state index is 0.941. The fourth-order valence-corrected chi connectivity index (χ4v) is 2.30. The van der Waals surface area contributed by atoms with Gasteiger partial charge in [-0.2, -0.15) is 0 Å². The lowest BCUT2D eigenvalue weighted by atomic mass is 10.1. The van der Waals surface area contributed by atoms with E-state index in [1.165, 1.54) is 22.3 Å². The number of aryl methyl sites for hydroxylation is 1. The molecule has 0 aliphatic carbocycles. The van der Waals surface area contributed by atoms with Crippen molar-refractivity contribution in [2.24, 2.45) is 0 Å². The Morgan fingerprint density at radius 2 is 1.43 bits per heavy atom. The van der Waals surface area contributed by atoms with E-state index in [1.807, 2.05) is 19.9 Å². The molecular weight excluding hydrogens is 254 g/mol. The van der Waals surface area contributed by atoms with E-state index in [-0.39, 0.29) is 0 Å². The molecule has 0 aromatic heterocycles. The van der Waals surface area contributed by atoms with Gasteiger partial charge in [-0.15, -0.1) is 0 Å². The molecule has 112 valence electrons. The topological polar surface area (TPSA) is 3.24 Å². The van der Waals surface area contributed by atoms with Crippen LogP contribution >= 0.6 is 0 Å². The lowest BCUT2D eigenvalue weighted by Gasteiger charge is -2.19. The molecule has 0 atom stereocenters. The van der Waals surface area contributed by atoms with Crippen molar-refractivity contribution < 1.29 is 0 Å². The summed E-state index contributed by atoms with van der Waals surface area (Å²) in [6.07, 6.45) is 1.93. The zero-order chi connectivity index (χ0) is 15.7. The van der Waals surface area contributed by atoms with Crippen LogP contribution in [-0.4, -0.2) is 11.9 Å². The van der Waals surface area contributed by atoms with Crippen molar-refractivity contribution in [3.63, 3.8) is 0 Å². The van der Waals surface area contributed by atoms with E-state index in [1.54, 1.807) is 0 Å². The Kier molecular flexibility index (Phi) is 7.49. The van der Waals surface area contributed by atoms with E-state index < -0.39 is 0 Å². The first kappa shape index (κ1) is 17.2. The van der Waals surface area contributed by atoms with Gasteiger partial charge in [-0.25, -0.2) is 0 Å². The van der Waals surface area contributed by atoms with Gasteiger partial charge in [0.15, 0.2) is 0 Å². The summed E-state index contributed by atoms with van der Waals surface area (Å²) < 4.78 is 0. The van der Waals surface area contributed by atoms with Crippen molar-refractivity contribution in [1.82, 2.24) is 4.90 Å². The van der Waals surface area contributed by atoms with Gasteiger partial charge in [-0.1, -0.05) is 75.0 Å². The monoisotopic (exact) mass is 281 g/mol. The molecule has 0 saturated carbocycles. The van der Waals surface area contributed by atoms with Crippen LogP contribution in [0, 0.1) is 6.92 Å². The van der Waals surface area contributed by atoms with Crippen molar-refractivity contribution in [3.8, 4) is 0 Å². The maximum Gasteiger partial charge on any atom is 0.0240 e. The molecule has 1 nitrogen and oxygen atoms in total. The third kappa shape index (κ3) is 5.20. The third-order valence-electron chi connectivity index (χ3n) is 3.42. The van der Waals surface area contributed by atoms with Gasteiger partial charge >= 0.3 is 0 Å². The summed E-state index contributed by atoms with van der Waals surface area (Å²) in [5.74, 6) is 0. The third-order valence-corrected chi connectivity index (χ3v) is 3.42. The highest BCUT2D eigenvalue weighted by Gasteiger charge is 2.05. The predicted molar refractivity (Wildman–Crippen MR) is 94.2 cm³/mol. The van der Waals surface area contributed by atoms with Crippen molar-refractivity contribution in [1.29, 1.82) is 0 Å². The van der Waals surface area contributed by atoms with E-state index in [9.17, 15) is 0 Å². The molecule has 0 radical (unpaired) electrons. The van der Waals surface area contributed by atoms with Gasteiger partial charge in [0.05, 0.1) is 0 Å². The Bertz CT molecular complexity index is 557. The maximum absolute atomic E-state index is 3.88. The van der Waals surface area contributed by atoms with Crippen molar-refractivity contribution >= 4 is 6.08 Å². The summed E-state index contributed by atoms with van der Waals surface area (Å²) in [6, 6.07) is 17.0. The van der Waals surface area contributed by atoms with Crippen LogP contribution in [0.5, 0.6) is 0 Å². The first-order valence-electron chi connectivity index (χ1n) is 7.64. The van der Waals surface area contributed by atoms with Gasteiger partial charge in [0.2, 0.25) is 0 Å². The van der Waals surface area contributed by atoms with Gasteiger partial charge in [0.25, 0.3) is 0 Å². The molecule has 0 saturated heterocycles. The molecule has 21 heavy (non-hydrogen) atoms. The number of hydrogen-bond acceptors (Lipinski definition) is 1. The first-order valence-corrected chi connectivity index (χ1v) is 7.64. The summed E-state index contributed by atoms with van der Waals surface area (Å²) >= 11 is 0. The van der Waals surface area contributed by atoms with Crippen LogP contribution in [-0.2, 0) is 13.1 Å². The van der Waals surface area contributed by atoms with E-state index in [0.717, 1.165) is 13.1 Å². The van der Waals surface area contributed by atoms with Crippen molar-refractivity contribution in [2.75, 3.05) is 7.05 Å². The highest BCUT2D eigenvalue weighted by molar-refractivity contribution is 5.51. The molecule has 0 spiro atoms. The van der Waals surface area contributed by atoms with Gasteiger partial charge in [0.1, 0.15) is 0 Å². The van der Waals surface area contributed by atoms with E-state index in [0.29, 0.717) is 0 Å². The number of rotatable bonds is 5. The standard InChI is InChI=1S/C18H21N.C2H6/c1-4-16-10-7-8-12-18(16)14-19(3)13-17-11-6-5-9-15(17)2;1-2/h4-12H,1,13-14H2,2-3H3;1-2H3. The van der Waals surface area contributed by atoms with Crippen LogP contribution in [0.15, 0.2) is 55.1 Å². The normalized spacial score (nSPS) is 9.95. The van der Waals surface area contributed by atoms with Gasteiger partial charge in [0, 0.05) is 13.1 Å². The Morgan fingerprint density at radius 3 is 2.05 bits per heavy atom. The largest absolute Gasteiger partial charge is 0.298 e. The Balaban J connectivity index is 0.00000106. The SMILES string of the molecule is C=Cc1ccccc1CN(C)Cc1ccccc1C.CC. The fraction of sp³-hybridized carbons (Fsp3) is 0.300. The van der Waals surface area contributed by atoms with E-state index in [2.05, 4.69) is 74.0 Å². The fourth-order valence-electron chi connectivity index (χ4n) is 2.30. The summed E-state index contributed by atoms with van der Waals surface area (Å²) in [5.41, 5.74) is 5.29. The molecular formula is C20H27N. The summed E-state index contributed by atoms with van der Waals surface area (Å²) in [7, 11) is 2.16. The van der Waals surface area contributed by atoms with Crippen LogP contribution in [0.25, 0.3) is 6.08 Å². The highest BCUT2D eigenvalue weighted by Crippen LogP contribution is 2.15. The summed E-state index contributed by atoms with van der Waals surface area (Å²) in [5, 5.41) is 0. The van der Waals surface area contributed by atoms with Crippen molar-refractivity contribution in [2.45, 2.75) is 33.9 Å². The molecule has 0 aliphatic heterocycles. The van der Waals surface area contributed by atoms with E-state index >= 15 is 0 Å². The molecule has 0 unspecified atom stereocenters. The Hall–Kier alpha value is -1.86. The van der Waals surface area contributed by atoms with Crippen LogP contribution in [0.2, 0.25) is 0 Å². The zero-order valence-corrected chi connectivity index (χ0v) is 13.8. The van der Waals surface area contributed by atoms with Crippen molar-refractivity contribution in [3.05, 3.63) is 77.4 Å². The molecule has 0 aliphatic rings. The molecule has 0 heterocycles. The molecule has 2 aromatic carbocycles. The second kappa shape index (κ2) is 9.15. The molecule has 0 amide bonds. The second-order valence-corrected chi connectivity index (χ2v) is 5.00. The Labute approximate surface area is 129 Å². The second-order valence-electron chi connectivity index (χ2n) is 5.00. The zero-order valence-electron chi connectivity index (χ0n) is 13.8. The molecule has 1 heteroatoms. The minimum absolute atomic E-state index is 0.941. The maximum atomic E-state index is 3.88. The number of benzene rings is 2. The number of hydrogen-bond donors (Lipinski definition) is 0. The summed E-state index contributed by atoms with van der Waals surface area (Å²) in [6.45, 7) is 12.0. The highest BCUT2D eigenvalue weighted by atomic mass is 15.1. The molecule has 2 rings (SSSR count). The van der Waals surface area contributed by atoms with Gasteiger partial charge in [-0.3, -0.25) is 4.90 Å². The number of nitrogens with zero attached hydrogens (tertiary/aromatic N) is 1. The lowest BCUT2D eigenvalue weighted by Crippen LogP contribution is -2.18. The summed E-state index contributed by atoms with van der Waals surface area (Å²) in [4.78, 5) is 2.34. The van der Waals surface area contributed by atoms with Crippen LogP contribution in [0.3, 0.4) is 0 Å². The van der Waals surface area contributed by atoms with Gasteiger partial charge < -0.3 is 0 Å². The molecule has 2 aromatic rings. The molecule has 0 fully saturated rings. The average molecular weight is 281 g/mol. The molecule has 0 bridgehead atoms. The quantitative estimate of drug-likeness (QED) is 0.719. The van der Waals surface area contributed by atoms with Crippen LogP contribution in [0.1, 0.15) is 36.1 Å². The van der Waals surface area contributed by atoms with Gasteiger partial charge in [-0.05, 0) is 36.2 Å².